The lowest BCUT2D eigenvalue weighted by Gasteiger charge is -2.23. The molecule has 0 aliphatic carbocycles. The third kappa shape index (κ3) is 6.52. The zero-order valence-corrected chi connectivity index (χ0v) is 28.2. The highest BCUT2D eigenvalue weighted by atomic mass is 127. The molecule has 4 aromatic rings. The number of nitrogens with zero attached hydrogens (tertiary/aromatic N) is 2. The van der Waals surface area contributed by atoms with Gasteiger partial charge in [-0.05, 0) is 96.3 Å². The minimum Gasteiger partial charge on any atom is -0.493 e. The van der Waals surface area contributed by atoms with E-state index in [0.717, 1.165) is 19.6 Å². The lowest BCUT2D eigenvalue weighted by atomic mass is 10.0. The molecule has 0 unspecified atom stereocenters. The molecule has 0 saturated heterocycles. The fraction of sp³-hybridized carbons (Fsp3) is 0.250. The predicted molar refractivity (Wildman–Crippen MR) is 177 cm³/mol. The number of benzene rings is 2. The Balaban J connectivity index is 1.47. The summed E-state index contributed by atoms with van der Waals surface area (Å²) < 4.78 is 25.0. The minimum atomic E-state index is -0.621. The molecule has 0 spiro atoms. The summed E-state index contributed by atoms with van der Waals surface area (Å²) in [5, 5.41) is 1.92. The fourth-order valence-corrected chi connectivity index (χ4v) is 7.38. The van der Waals surface area contributed by atoms with E-state index in [0.29, 0.717) is 44.3 Å². The quantitative estimate of drug-likeness (QED) is 0.162. The number of fused-ring (bicyclic) bond motifs is 1. The predicted octanol–water partition coefficient (Wildman–Crippen LogP) is 5.23. The molecule has 0 amide bonds. The average Bonchev–Trinajstić information content (AvgIpc) is 3.64. The maximum absolute atomic E-state index is 13.8. The van der Waals surface area contributed by atoms with E-state index in [-0.39, 0.29) is 24.7 Å². The number of carbonyl (C=O) groups is 2. The van der Waals surface area contributed by atoms with Crippen LogP contribution in [0.25, 0.3) is 6.08 Å². The summed E-state index contributed by atoms with van der Waals surface area (Å²) in [4.78, 5) is 44.8. The number of hydrogen-bond donors (Lipinski definition) is 0. The van der Waals surface area contributed by atoms with Crippen molar-refractivity contribution in [2.24, 2.45) is 4.99 Å². The van der Waals surface area contributed by atoms with Gasteiger partial charge >= 0.3 is 11.9 Å². The molecule has 3 heterocycles. The van der Waals surface area contributed by atoms with Gasteiger partial charge < -0.3 is 18.9 Å². The van der Waals surface area contributed by atoms with Gasteiger partial charge in [-0.1, -0.05) is 29.5 Å². The van der Waals surface area contributed by atoms with Crippen molar-refractivity contribution < 1.29 is 28.5 Å². The summed E-state index contributed by atoms with van der Waals surface area (Å²) in [5.41, 5.74) is 2.74. The Morgan fingerprint density at radius 3 is 2.45 bits per heavy atom. The Labute approximate surface area is 275 Å². The Morgan fingerprint density at radius 2 is 1.80 bits per heavy atom. The van der Waals surface area contributed by atoms with E-state index in [1.807, 2.05) is 41.8 Å². The molecule has 1 aliphatic heterocycles. The minimum absolute atomic E-state index is 0.221. The fourth-order valence-electron chi connectivity index (χ4n) is 4.73. The number of rotatable bonds is 10. The summed E-state index contributed by atoms with van der Waals surface area (Å²) in [7, 11) is 1.56. The molecule has 2 aromatic heterocycles. The third-order valence-corrected chi connectivity index (χ3v) is 9.44. The van der Waals surface area contributed by atoms with E-state index in [2.05, 4.69) is 27.6 Å². The van der Waals surface area contributed by atoms with Crippen LogP contribution in [0.5, 0.6) is 11.5 Å². The van der Waals surface area contributed by atoms with Crippen molar-refractivity contribution in [3.8, 4) is 11.5 Å². The van der Waals surface area contributed by atoms with Crippen LogP contribution in [-0.4, -0.2) is 36.8 Å². The number of allylic oxidation sites excluding steroid dienone is 1. The van der Waals surface area contributed by atoms with Crippen molar-refractivity contribution in [1.29, 1.82) is 0 Å². The number of thiazole rings is 1. The molecule has 0 bridgehead atoms. The summed E-state index contributed by atoms with van der Waals surface area (Å²) in [6.07, 6.45) is 1.79. The van der Waals surface area contributed by atoms with Crippen LogP contribution in [0.1, 0.15) is 53.2 Å². The highest BCUT2D eigenvalue weighted by molar-refractivity contribution is 14.1. The van der Waals surface area contributed by atoms with E-state index in [4.69, 9.17) is 18.9 Å². The number of methoxy groups -OCH3 is 1. The van der Waals surface area contributed by atoms with Gasteiger partial charge in [-0.3, -0.25) is 9.36 Å². The zero-order chi connectivity index (χ0) is 31.4. The lowest BCUT2D eigenvalue weighted by Crippen LogP contribution is -2.39. The molecule has 44 heavy (non-hydrogen) atoms. The molecule has 5 rings (SSSR count). The van der Waals surface area contributed by atoms with Gasteiger partial charge in [0, 0.05) is 4.88 Å². The van der Waals surface area contributed by atoms with Gasteiger partial charge in [0.05, 0.1) is 45.3 Å². The van der Waals surface area contributed by atoms with Crippen molar-refractivity contribution >= 4 is 63.3 Å². The number of ether oxygens (including phenoxy) is 4. The first-order valence-electron chi connectivity index (χ1n) is 13.7. The second-order valence-electron chi connectivity index (χ2n) is 9.56. The summed E-state index contributed by atoms with van der Waals surface area (Å²) in [5.74, 6) is 0.228. The molecule has 0 N–H and O–H groups in total. The number of aromatic nitrogens is 1. The van der Waals surface area contributed by atoms with Crippen LogP contribution in [-0.2, 0) is 20.9 Å². The average molecular weight is 745 g/mol. The molecule has 9 nitrogen and oxygen atoms in total. The molecule has 2 aromatic carbocycles. The van der Waals surface area contributed by atoms with Crippen molar-refractivity contribution in [3.05, 3.63) is 110 Å². The SMILES string of the molecule is CCOC(=O)C1=C(C)N=c2s/c(=C\c3cc(I)c(OCc4ccc(C(=O)OCC)cc4)c(OC)c3)c(=O)n2[C@@H]1c1cccs1. The van der Waals surface area contributed by atoms with Gasteiger partial charge in [0.1, 0.15) is 12.6 Å². The van der Waals surface area contributed by atoms with Gasteiger partial charge in [-0.2, -0.15) is 0 Å². The maximum Gasteiger partial charge on any atom is 0.338 e. The van der Waals surface area contributed by atoms with Crippen LogP contribution in [0, 0.1) is 3.57 Å². The Morgan fingerprint density at radius 1 is 1.07 bits per heavy atom. The molecule has 1 atom stereocenters. The first-order valence-corrected chi connectivity index (χ1v) is 16.5. The second kappa shape index (κ2) is 13.9. The van der Waals surface area contributed by atoms with Gasteiger partial charge in [0.2, 0.25) is 0 Å². The lowest BCUT2D eigenvalue weighted by molar-refractivity contribution is -0.139. The van der Waals surface area contributed by atoms with Crippen LogP contribution in [0.3, 0.4) is 0 Å². The van der Waals surface area contributed by atoms with Crippen molar-refractivity contribution in [1.82, 2.24) is 4.57 Å². The summed E-state index contributed by atoms with van der Waals surface area (Å²) >= 11 is 4.91. The van der Waals surface area contributed by atoms with Gasteiger partial charge in [-0.15, -0.1) is 11.3 Å². The van der Waals surface area contributed by atoms with Crippen molar-refractivity contribution in [2.45, 2.75) is 33.4 Å². The molecular weight excluding hydrogens is 715 g/mol. The van der Waals surface area contributed by atoms with Gasteiger partial charge in [0.15, 0.2) is 16.3 Å². The Kier molecular flexibility index (Phi) is 10.0. The Bertz CT molecular complexity index is 1910. The third-order valence-electron chi connectivity index (χ3n) is 6.73. The first-order chi connectivity index (χ1) is 21.2. The van der Waals surface area contributed by atoms with E-state index in [9.17, 15) is 14.4 Å². The van der Waals surface area contributed by atoms with E-state index < -0.39 is 12.0 Å². The summed E-state index contributed by atoms with van der Waals surface area (Å²) in [6.45, 7) is 6.09. The smallest absolute Gasteiger partial charge is 0.338 e. The standard InChI is InChI=1S/C32H29IN2O7S2/c1-5-40-30(37)21-11-9-19(10-12-21)17-42-28-22(33)14-20(15-23(28)39-4)16-25-29(36)35-27(24-8-7-13-43-24)26(31(38)41-6-2)18(3)34-32(35)44-25/h7-16,27H,5-6,17H2,1-4H3/b25-16-/t27-/m1/s1. The molecule has 0 radical (unpaired) electrons. The molecule has 12 heteroatoms. The molecule has 0 saturated carbocycles. The maximum atomic E-state index is 13.8. The number of thiophene rings is 1. The van der Waals surface area contributed by atoms with Crippen molar-refractivity contribution in [3.63, 3.8) is 0 Å². The topological polar surface area (TPSA) is 105 Å². The highest BCUT2D eigenvalue weighted by Crippen LogP contribution is 2.35. The molecule has 228 valence electrons. The highest BCUT2D eigenvalue weighted by Gasteiger charge is 2.33. The van der Waals surface area contributed by atoms with Crippen molar-refractivity contribution in [2.75, 3.05) is 20.3 Å². The number of hydrogen-bond acceptors (Lipinski definition) is 10. The van der Waals surface area contributed by atoms with Gasteiger partial charge in [0.25, 0.3) is 5.56 Å². The van der Waals surface area contributed by atoms with Crippen LogP contribution in [0.4, 0.5) is 0 Å². The van der Waals surface area contributed by atoms with Crippen LogP contribution in [0.15, 0.2) is 75.0 Å². The first kappa shape index (κ1) is 31.7. The van der Waals surface area contributed by atoms with E-state index in [1.54, 1.807) is 50.7 Å². The largest absolute Gasteiger partial charge is 0.493 e. The van der Waals surface area contributed by atoms with Crippen LogP contribution >= 0.6 is 45.3 Å². The molecule has 0 fully saturated rings. The zero-order valence-electron chi connectivity index (χ0n) is 24.4. The number of carbonyl (C=O) groups excluding carboxylic acids is 2. The molecular formula is C32H29IN2O7S2. The van der Waals surface area contributed by atoms with E-state index >= 15 is 0 Å². The van der Waals surface area contributed by atoms with Crippen LogP contribution in [0.2, 0.25) is 0 Å². The molecule has 1 aliphatic rings. The number of esters is 2. The van der Waals surface area contributed by atoms with Gasteiger partial charge in [-0.25, -0.2) is 14.6 Å². The number of halogens is 1. The second-order valence-corrected chi connectivity index (χ2v) is 12.7. The van der Waals surface area contributed by atoms with Crippen LogP contribution < -0.4 is 24.4 Å². The Hall–Kier alpha value is -3.75. The van der Waals surface area contributed by atoms with E-state index in [1.165, 1.54) is 22.7 Å². The normalized spacial score (nSPS) is 14.6. The monoisotopic (exact) mass is 744 g/mol. The summed E-state index contributed by atoms with van der Waals surface area (Å²) in [6, 6.07) is 13.9.